The number of benzene rings is 2. The normalized spacial score (nSPS) is 14.0. The minimum atomic E-state index is -0.554. The van der Waals surface area contributed by atoms with Crippen molar-refractivity contribution in [2.75, 3.05) is 6.54 Å². The summed E-state index contributed by atoms with van der Waals surface area (Å²) in [6, 6.07) is 15.1. The molecular weight excluding hydrogens is 293 g/mol. The average Bonchev–Trinajstić information content (AvgIpc) is 2.46. The molecule has 0 heterocycles. The predicted octanol–water partition coefficient (Wildman–Crippen LogP) is 4.38. The standard InChI is InChI=1S/C16H17Cl2NO/c1-11(12-2-6-14(17)7-3-12)19-10-16(20)13-4-8-15(18)9-5-13/h2-9,11,16,19-20H,10H2,1H3. The quantitative estimate of drug-likeness (QED) is 0.859. The highest BCUT2D eigenvalue weighted by atomic mass is 35.5. The second-order valence-corrected chi connectivity index (χ2v) is 5.62. The molecule has 2 aromatic rings. The first kappa shape index (κ1) is 15.3. The van der Waals surface area contributed by atoms with Gasteiger partial charge in [-0.25, -0.2) is 0 Å². The van der Waals surface area contributed by atoms with Gasteiger partial charge in [0.05, 0.1) is 6.10 Å². The van der Waals surface area contributed by atoms with Crippen LogP contribution in [0.1, 0.15) is 30.2 Å². The van der Waals surface area contributed by atoms with E-state index in [-0.39, 0.29) is 6.04 Å². The van der Waals surface area contributed by atoms with Gasteiger partial charge in [0.15, 0.2) is 0 Å². The van der Waals surface area contributed by atoms with E-state index in [2.05, 4.69) is 12.2 Å². The second-order valence-electron chi connectivity index (χ2n) is 4.75. The minimum Gasteiger partial charge on any atom is -0.387 e. The first-order chi connectivity index (χ1) is 9.56. The van der Waals surface area contributed by atoms with E-state index in [1.54, 1.807) is 12.1 Å². The van der Waals surface area contributed by atoms with Crippen molar-refractivity contribution in [1.29, 1.82) is 0 Å². The van der Waals surface area contributed by atoms with E-state index in [0.29, 0.717) is 11.6 Å². The second kappa shape index (κ2) is 7.09. The molecule has 2 unspecified atom stereocenters. The summed E-state index contributed by atoms with van der Waals surface area (Å²) in [5, 5.41) is 14.8. The van der Waals surface area contributed by atoms with Crippen LogP contribution in [0.2, 0.25) is 10.0 Å². The Bertz CT molecular complexity index is 488. The molecule has 2 aromatic carbocycles. The Morgan fingerprint density at radius 1 is 0.900 bits per heavy atom. The third-order valence-corrected chi connectivity index (χ3v) is 3.75. The van der Waals surface area contributed by atoms with E-state index in [1.165, 1.54) is 0 Å². The molecule has 0 aliphatic heterocycles. The lowest BCUT2D eigenvalue weighted by molar-refractivity contribution is 0.171. The number of aliphatic hydroxyl groups is 1. The van der Waals surface area contributed by atoms with Gasteiger partial charge < -0.3 is 10.4 Å². The fraction of sp³-hybridized carbons (Fsp3) is 0.250. The number of halogens is 2. The number of nitrogens with one attached hydrogen (secondary N) is 1. The van der Waals surface area contributed by atoms with E-state index in [0.717, 1.165) is 16.1 Å². The highest BCUT2D eigenvalue weighted by Crippen LogP contribution is 2.19. The molecule has 0 aliphatic carbocycles. The fourth-order valence-corrected chi connectivity index (χ4v) is 2.21. The van der Waals surface area contributed by atoms with E-state index in [4.69, 9.17) is 23.2 Å². The largest absolute Gasteiger partial charge is 0.387 e. The molecule has 0 radical (unpaired) electrons. The van der Waals surface area contributed by atoms with Crippen LogP contribution in [0, 0.1) is 0 Å². The van der Waals surface area contributed by atoms with Crippen LogP contribution in [-0.4, -0.2) is 11.7 Å². The van der Waals surface area contributed by atoms with Crippen LogP contribution in [-0.2, 0) is 0 Å². The Labute approximate surface area is 129 Å². The fourth-order valence-electron chi connectivity index (χ4n) is 1.96. The van der Waals surface area contributed by atoms with E-state index in [1.807, 2.05) is 36.4 Å². The molecule has 0 fully saturated rings. The maximum absolute atomic E-state index is 10.1. The Morgan fingerprint density at radius 3 is 1.85 bits per heavy atom. The monoisotopic (exact) mass is 309 g/mol. The summed E-state index contributed by atoms with van der Waals surface area (Å²) in [4.78, 5) is 0. The summed E-state index contributed by atoms with van der Waals surface area (Å²) >= 11 is 11.7. The van der Waals surface area contributed by atoms with E-state index < -0.39 is 6.10 Å². The van der Waals surface area contributed by atoms with Crippen LogP contribution < -0.4 is 5.32 Å². The van der Waals surface area contributed by atoms with Gasteiger partial charge in [0.1, 0.15) is 0 Å². The van der Waals surface area contributed by atoms with Crippen molar-refractivity contribution in [3.8, 4) is 0 Å². The molecule has 0 aliphatic rings. The molecule has 0 aromatic heterocycles. The van der Waals surface area contributed by atoms with Crippen molar-refractivity contribution in [2.24, 2.45) is 0 Å². The van der Waals surface area contributed by atoms with Gasteiger partial charge in [-0.05, 0) is 42.3 Å². The summed E-state index contributed by atoms with van der Waals surface area (Å²) in [5.41, 5.74) is 1.99. The zero-order chi connectivity index (χ0) is 14.5. The van der Waals surface area contributed by atoms with Gasteiger partial charge >= 0.3 is 0 Å². The van der Waals surface area contributed by atoms with Crippen molar-refractivity contribution < 1.29 is 5.11 Å². The van der Waals surface area contributed by atoms with Gasteiger partial charge in [-0.15, -0.1) is 0 Å². The molecule has 0 spiro atoms. The van der Waals surface area contributed by atoms with Gasteiger partial charge in [-0.2, -0.15) is 0 Å². The van der Waals surface area contributed by atoms with Gasteiger partial charge in [0.25, 0.3) is 0 Å². The van der Waals surface area contributed by atoms with E-state index >= 15 is 0 Å². The third kappa shape index (κ3) is 4.22. The first-order valence-corrected chi connectivity index (χ1v) is 7.24. The minimum absolute atomic E-state index is 0.147. The Hall–Kier alpha value is -1.06. The van der Waals surface area contributed by atoms with Gasteiger partial charge in [0, 0.05) is 22.6 Å². The van der Waals surface area contributed by atoms with Crippen LogP contribution in [0.25, 0.3) is 0 Å². The van der Waals surface area contributed by atoms with Crippen molar-refractivity contribution >= 4 is 23.2 Å². The van der Waals surface area contributed by atoms with Gasteiger partial charge in [-0.1, -0.05) is 47.5 Å². The molecule has 0 bridgehead atoms. The maximum atomic E-state index is 10.1. The SMILES string of the molecule is CC(NCC(O)c1ccc(Cl)cc1)c1ccc(Cl)cc1. The molecular formula is C16H17Cl2NO. The molecule has 0 amide bonds. The molecule has 4 heteroatoms. The average molecular weight is 310 g/mol. The smallest absolute Gasteiger partial charge is 0.0914 e. The summed E-state index contributed by atoms with van der Waals surface area (Å²) in [7, 11) is 0. The summed E-state index contributed by atoms with van der Waals surface area (Å²) in [5.74, 6) is 0. The number of hydrogen-bond acceptors (Lipinski definition) is 2. The molecule has 106 valence electrons. The Balaban J connectivity index is 1.91. The highest BCUT2D eigenvalue weighted by Gasteiger charge is 2.10. The molecule has 2 N–H and O–H groups in total. The van der Waals surface area contributed by atoms with E-state index in [9.17, 15) is 5.11 Å². The van der Waals surface area contributed by atoms with Crippen molar-refractivity contribution in [2.45, 2.75) is 19.1 Å². The molecule has 2 nitrogen and oxygen atoms in total. The highest BCUT2D eigenvalue weighted by molar-refractivity contribution is 6.30. The van der Waals surface area contributed by atoms with Gasteiger partial charge in [0.2, 0.25) is 0 Å². The molecule has 0 saturated carbocycles. The summed E-state index contributed by atoms with van der Waals surface area (Å²) in [6.45, 7) is 2.53. The van der Waals surface area contributed by atoms with Crippen LogP contribution in [0.3, 0.4) is 0 Å². The third-order valence-electron chi connectivity index (χ3n) is 3.24. The Morgan fingerprint density at radius 2 is 1.35 bits per heavy atom. The van der Waals surface area contributed by atoms with Crippen LogP contribution >= 0.6 is 23.2 Å². The van der Waals surface area contributed by atoms with Crippen LogP contribution in [0.5, 0.6) is 0 Å². The van der Waals surface area contributed by atoms with Crippen LogP contribution in [0.15, 0.2) is 48.5 Å². The number of rotatable bonds is 5. The lowest BCUT2D eigenvalue weighted by Crippen LogP contribution is -2.24. The first-order valence-electron chi connectivity index (χ1n) is 6.48. The molecule has 2 atom stereocenters. The molecule has 20 heavy (non-hydrogen) atoms. The maximum Gasteiger partial charge on any atom is 0.0914 e. The van der Waals surface area contributed by atoms with Crippen molar-refractivity contribution in [3.63, 3.8) is 0 Å². The van der Waals surface area contributed by atoms with Crippen LogP contribution in [0.4, 0.5) is 0 Å². The number of hydrogen-bond donors (Lipinski definition) is 2. The molecule has 2 rings (SSSR count). The summed E-state index contributed by atoms with van der Waals surface area (Å²) < 4.78 is 0. The van der Waals surface area contributed by atoms with Crippen molar-refractivity contribution in [3.05, 3.63) is 69.7 Å². The lowest BCUT2D eigenvalue weighted by atomic mass is 10.1. The summed E-state index contributed by atoms with van der Waals surface area (Å²) in [6.07, 6.45) is -0.554. The lowest BCUT2D eigenvalue weighted by Gasteiger charge is -2.18. The van der Waals surface area contributed by atoms with Gasteiger partial charge in [-0.3, -0.25) is 0 Å². The zero-order valence-electron chi connectivity index (χ0n) is 11.2. The predicted molar refractivity (Wildman–Crippen MR) is 84.3 cm³/mol. The topological polar surface area (TPSA) is 32.3 Å². The Kier molecular flexibility index (Phi) is 5.44. The number of aliphatic hydroxyl groups excluding tert-OH is 1. The molecule has 0 saturated heterocycles. The van der Waals surface area contributed by atoms with Crippen molar-refractivity contribution in [1.82, 2.24) is 5.32 Å². The zero-order valence-corrected chi connectivity index (χ0v) is 12.7.